The van der Waals surface area contributed by atoms with Crippen molar-refractivity contribution in [1.29, 1.82) is 0 Å². The zero-order valence-electron chi connectivity index (χ0n) is 20.0. The van der Waals surface area contributed by atoms with Crippen LogP contribution in [0.5, 0.6) is 5.75 Å². The highest BCUT2D eigenvalue weighted by Crippen LogP contribution is 2.17. The molecular formula is C28H31N3O5. The number of benzene rings is 3. The minimum Gasteiger partial charge on any atom is -0.489 e. The third-order valence-corrected chi connectivity index (χ3v) is 6.17. The Balaban J connectivity index is 1.21. The van der Waals surface area contributed by atoms with E-state index in [0.29, 0.717) is 38.5 Å². The van der Waals surface area contributed by atoms with Crippen LogP contribution in [0.3, 0.4) is 0 Å². The highest BCUT2D eigenvalue weighted by Gasteiger charge is 2.34. The first-order valence-electron chi connectivity index (χ1n) is 12.0. The molecule has 1 saturated heterocycles. The molecule has 3 N–H and O–H groups in total. The minimum absolute atomic E-state index is 0.144. The second-order valence-electron chi connectivity index (χ2n) is 8.67. The van der Waals surface area contributed by atoms with E-state index < -0.39 is 24.0 Å². The predicted molar refractivity (Wildman–Crippen MR) is 136 cm³/mol. The Bertz CT molecular complexity index is 1120. The number of aliphatic hydroxyl groups is 2. The molecule has 2 amide bonds. The van der Waals surface area contributed by atoms with Gasteiger partial charge >= 0.3 is 0 Å². The summed E-state index contributed by atoms with van der Waals surface area (Å²) in [5, 5.41) is 23.2. The van der Waals surface area contributed by atoms with Gasteiger partial charge in [0.2, 0.25) is 0 Å². The lowest BCUT2D eigenvalue weighted by Crippen LogP contribution is -2.55. The van der Waals surface area contributed by atoms with Crippen molar-refractivity contribution >= 4 is 17.5 Å². The number of para-hydroxylation sites is 1. The van der Waals surface area contributed by atoms with Crippen LogP contribution >= 0.6 is 0 Å². The number of hydrogen-bond acceptors (Lipinski definition) is 6. The topological polar surface area (TPSA) is 102 Å². The van der Waals surface area contributed by atoms with Crippen LogP contribution < -0.4 is 15.0 Å². The third-order valence-electron chi connectivity index (χ3n) is 6.17. The van der Waals surface area contributed by atoms with Crippen LogP contribution in [0.4, 0.5) is 5.69 Å². The van der Waals surface area contributed by atoms with Crippen LogP contribution in [-0.2, 0) is 22.7 Å². The SMILES string of the molecule is O=C(NCc1ccc(OCc2ccccc2)cc1)[C@H](O)[C@@H](O)C(=O)N1CCN(c2ccccc2)CC1. The number of ether oxygens (including phenoxy) is 1. The first kappa shape index (κ1) is 25.2. The zero-order chi connectivity index (χ0) is 25.3. The highest BCUT2D eigenvalue weighted by atomic mass is 16.5. The summed E-state index contributed by atoms with van der Waals surface area (Å²) in [7, 11) is 0. The molecule has 1 aliphatic rings. The van der Waals surface area contributed by atoms with Crippen molar-refractivity contribution in [1.82, 2.24) is 10.2 Å². The number of carbonyl (C=O) groups excluding carboxylic acids is 2. The second kappa shape index (κ2) is 12.2. The third kappa shape index (κ3) is 6.62. The molecule has 0 bridgehead atoms. The Labute approximate surface area is 210 Å². The van der Waals surface area contributed by atoms with Crippen molar-refractivity contribution in [2.24, 2.45) is 0 Å². The van der Waals surface area contributed by atoms with E-state index in [0.717, 1.165) is 16.8 Å². The Morgan fingerprint density at radius 2 is 1.39 bits per heavy atom. The van der Waals surface area contributed by atoms with Crippen molar-refractivity contribution in [2.45, 2.75) is 25.4 Å². The number of piperazine rings is 1. The van der Waals surface area contributed by atoms with Crippen LogP contribution in [-0.4, -0.2) is 65.3 Å². The van der Waals surface area contributed by atoms with Gasteiger partial charge < -0.3 is 30.1 Å². The maximum absolute atomic E-state index is 12.7. The zero-order valence-corrected chi connectivity index (χ0v) is 20.0. The highest BCUT2D eigenvalue weighted by molar-refractivity contribution is 5.90. The molecule has 8 nitrogen and oxygen atoms in total. The summed E-state index contributed by atoms with van der Waals surface area (Å²) in [6.45, 7) is 2.61. The summed E-state index contributed by atoms with van der Waals surface area (Å²) in [4.78, 5) is 28.7. The van der Waals surface area contributed by atoms with Gasteiger partial charge in [0.05, 0.1) is 0 Å². The lowest BCUT2D eigenvalue weighted by atomic mass is 10.1. The summed E-state index contributed by atoms with van der Waals surface area (Å²) < 4.78 is 5.75. The van der Waals surface area contributed by atoms with Crippen LogP contribution in [0.1, 0.15) is 11.1 Å². The minimum atomic E-state index is -1.85. The fourth-order valence-electron chi connectivity index (χ4n) is 4.03. The molecule has 0 unspecified atom stereocenters. The van der Waals surface area contributed by atoms with Gasteiger partial charge in [0, 0.05) is 38.4 Å². The van der Waals surface area contributed by atoms with Crippen molar-refractivity contribution in [2.75, 3.05) is 31.1 Å². The number of nitrogens with one attached hydrogen (secondary N) is 1. The van der Waals surface area contributed by atoms with Gasteiger partial charge in [-0.3, -0.25) is 9.59 Å². The molecule has 0 radical (unpaired) electrons. The number of amides is 2. The molecule has 0 aromatic heterocycles. The fourth-order valence-corrected chi connectivity index (χ4v) is 4.03. The molecule has 3 aromatic carbocycles. The quantitative estimate of drug-likeness (QED) is 0.425. The molecular weight excluding hydrogens is 458 g/mol. The van der Waals surface area contributed by atoms with Crippen molar-refractivity contribution < 1.29 is 24.5 Å². The van der Waals surface area contributed by atoms with Crippen molar-refractivity contribution in [3.63, 3.8) is 0 Å². The molecule has 36 heavy (non-hydrogen) atoms. The second-order valence-corrected chi connectivity index (χ2v) is 8.67. The Hall–Kier alpha value is -3.88. The number of rotatable bonds is 9. The molecule has 1 fully saturated rings. The van der Waals surface area contributed by atoms with E-state index in [1.54, 1.807) is 24.3 Å². The van der Waals surface area contributed by atoms with E-state index in [1.165, 1.54) is 4.90 Å². The maximum Gasteiger partial charge on any atom is 0.254 e. The molecule has 0 spiro atoms. The number of nitrogens with zero attached hydrogens (tertiary/aromatic N) is 2. The van der Waals surface area contributed by atoms with Crippen molar-refractivity contribution in [3.05, 3.63) is 96.1 Å². The van der Waals surface area contributed by atoms with E-state index in [-0.39, 0.29) is 6.54 Å². The van der Waals surface area contributed by atoms with Crippen LogP contribution in [0, 0.1) is 0 Å². The van der Waals surface area contributed by atoms with E-state index in [4.69, 9.17) is 4.74 Å². The van der Waals surface area contributed by atoms with Gasteiger partial charge in [-0.2, -0.15) is 0 Å². The smallest absolute Gasteiger partial charge is 0.254 e. The van der Waals surface area contributed by atoms with Gasteiger partial charge in [-0.25, -0.2) is 0 Å². The largest absolute Gasteiger partial charge is 0.489 e. The van der Waals surface area contributed by atoms with Gasteiger partial charge in [-0.15, -0.1) is 0 Å². The maximum atomic E-state index is 12.7. The number of hydrogen-bond donors (Lipinski definition) is 3. The van der Waals surface area contributed by atoms with Gasteiger partial charge in [-0.05, 0) is 35.4 Å². The van der Waals surface area contributed by atoms with Gasteiger partial charge in [-0.1, -0.05) is 60.7 Å². The van der Waals surface area contributed by atoms with Gasteiger partial charge in [0.25, 0.3) is 11.8 Å². The summed E-state index contributed by atoms with van der Waals surface area (Å²) in [6, 6.07) is 26.9. The van der Waals surface area contributed by atoms with Crippen LogP contribution in [0.25, 0.3) is 0 Å². The number of anilines is 1. The Kier molecular flexibility index (Phi) is 8.54. The van der Waals surface area contributed by atoms with Gasteiger partial charge in [0.15, 0.2) is 12.2 Å². The van der Waals surface area contributed by atoms with Crippen LogP contribution in [0.2, 0.25) is 0 Å². The first-order chi connectivity index (χ1) is 17.5. The Morgan fingerprint density at radius 3 is 2.03 bits per heavy atom. The van der Waals surface area contributed by atoms with E-state index in [9.17, 15) is 19.8 Å². The lowest BCUT2D eigenvalue weighted by molar-refractivity contribution is -0.153. The number of carbonyl (C=O) groups is 2. The molecule has 2 atom stereocenters. The Morgan fingerprint density at radius 1 is 0.778 bits per heavy atom. The summed E-state index contributed by atoms with van der Waals surface area (Å²) >= 11 is 0. The average molecular weight is 490 g/mol. The molecule has 0 saturated carbocycles. The molecule has 4 rings (SSSR count). The molecule has 188 valence electrons. The number of aliphatic hydroxyl groups excluding tert-OH is 2. The van der Waals surface area contributed by atoms with E-state index >= 15 is 0 Å². The molecule has 1 aliphatic heterocycles. The lowest BCUT2D eigenvalue weighted by Gasteiger charge is -2.37. The average Bonchev–Trinajstić information content (AvgIpc) is 2.95. The summed E-state index contributed by atoms with van der Waals surface area (Å²) in [5.41, 5.74) is 2.93. The monoisotopic (exact) mass is 489 g/mol. The molecule has 8 heteroatoms. The standard InChI is InChI=1S/C28H31N3O5/c32-25(26(33)28(35)31-17-15-30(16-18-31)23-9-5-2-6-10-23)27(34)29-19-21-11-13-24(14-12-21)36-20-22-7-3-1-4-8-22/h1-14,25-26,32-33H,15-20H2,(H,29,34)/t25-,26-/m1/s1. The molecule has 3 aromatic rings. The van der Waals surface area contributed by atoms with Gasteiger partial charge in [0.1, 0.15) is 12.4 Å². The van der Waals surface area contributed by atoms with Crippen LogP contribution in [0.15, 0.2) is 84.9 Å². The van der Waals surface area contributed by atoms with Crippen molar-refractivity contribution in [3.8, 4) is 5.75 Å². The molecule has 1 heterocycles. The fraction of sp³-hybridized carbons (Fsp3) is 0.286. The predicted octanol–water partition coefficient (Wildman–Crippen LogP) is 1.95. The summed E-state index contributed by atoms with van der Waals surface area (Å²) in [6.07, 6.45) is -3.67. The first-order valence-corrected chi connectivity index (χ1v) is 12.0. The van der Waals surface area contributed by atoms with E-state index in [2.05, 4.69) is 10.2 Å². The normalized spacial score (nSPS) is 15.2. The van der Waals surface area contributed by atoms with E-state index in [1.807, 2.05) is 60.7 Å². The molecule has 0 aliphatic carbocycles. The summed E-state index contributed by atoms with van der Waals surface area (Å²) in [5.74, 6) is -0.754.